The Kier molecular flexibility index (Phi) is 5.40. The Morgan fingerprint density at radius 2 is 2.08 bits per heavy atom. The smallest absolute Gasteiger partial charge is 0.216 e. The fourth-order valence-corrected chi connectivity index (χ4v) is 4.14. The van der Waals surface area contributed by atoms with Crippen LogP contribution in [-0.2, 0) is 17.8 Å². The maximum Gasteiger partial charge on any atom is 0.216 e. The summed E-state index contributed by atoms with van der Waals surface area (Å²) in [6, 6.07) is 0.189. The molecular formula is C20H28ClN3O. The van der Waals surface area contributed by atoms with E-state index < -0.39 is 0 Å². The van der Waals surface area contributed by atoms with Gasteiger partial charge in [0, 0.05) is 12.8 Å². The van der Waals surface area contributed by atoms with Gasteiger partial charge in [0.05, 0.1) is 24.0 Å². The summed E-state index contributed by atoms with van der Waals surface area (Å²) in [7, 11) is 0. The van der Waals surface area contributed by atoms with Crippen LogP contribution in [0.25, 0.3) is 5.78 Å². The van der Waals surface area contributed by atoms with Gasteiger partial charge in [-0.3, -0.25) is 8.97 Å². The topological polar surface area (TPSA) is 31.5 Å². The first-order chi connectivity index (χ1) is 12.0. The van der Waals surface area contributed by atoms with E-state index >= 15 is 0 Å². The van der Waals surface area contributed by atoms with Crippen molar-refractivity contribution >= 4 is 17.4 Å². The first-order valence-corrected chi connectivity index (χ1v) is 9.53. The summed E-state index contributed by atoms with van der Waals surface area (Å²) in [6.07, 6.45) is 8.55. The second-order valence-corrected chi connectivity index (χ2v) is 7.34. The lowest BCUT2D eigenvalue weighted by Gasteiger charge is -2.24. The van der Waals surface area contributed by atoms with Crippen LogP contribution in [0, 0.1) is 5.92 Å². The molecular weight excluding hydrogens is 334 g/mol. The Labute approximate surface area is 155 Å². The van der Waals surface area contributed by atoms with E-state index in [-0.39, 0.29) is 6.04 Å². The van der Waals surface area contributed by atoms with E-state index in [4.69, 9.17) is 21.3 Å². The average molecular weight is 362 g/mol. The number of ether oxygens (including phenoxy) is 1. The Morgan fingerprint density at radius 1 is 1.32 bits per heavy atom. The van der Waals surface area contributed by atoms with E-state index in [2.05, 4.69) is 48.8 Å². The monoisotopic (exact) mass is 361 g/mol. The molecule has 0 bridgehead atoms. The number of nitrogens with zero attached hydrogens (tertiary/aromatic N) is 3. The van der Waals surface area contributed by atoms with E-state index in [0.29, 0.717) is 19.1 Å². The second kappa shape index (κ2) is 7.38. The normalized spacial score (nSPS) is 21.4. The summed E-state index contributed by atoms with van der Waals surface area (Å²) in [5, 5.41) is 0.723. The lowest BCUT2D eigenvalue weighted by atomic mass is 9.95. The SMILES string of the molecule is CCOCc1c(CC)nc2n(C3C(C)=CCC(C)=CC3C)c(Cl)cn12. The molecule has 3 rings (SSSR count). The fourth-order valence-electron chi connectivity index (χ4n) is 3.86. The van der Waals surface area contributed by atoms with E-state index in [1.54, 1.807) is 0 Å². The van der Waals surface area contributed by atoms with Gasteiger partial charge >= 0.3 is 0 Å². The molecule has 0 spiro atoms. The van der Waals surface area contributed by atoms with Gasteiger partial charge in [-0.15, -0.1) is 0 Å². The maximum absolute atomic E-state index is 6.68. The van der Waals surface area contributed by atoms with Crippen LogP contribution >= 0.6 is 11.6 Å². The third kappa shape index (κ3) is 3.30. The van der Waals surface area contributed by atoms with Crippen LogP contribution in [0.1, 0.15) is 58.5 Å². The third-order valence-electron chi connectivity index (χ3n) is 5.07. The first kappa shape index (κ1) is 18.3. The van der Waals surface area contributed by atoms with Crippen molar-refractivity contribution in [3.05, 3.63) is 46.0 Å². The van der Waals surface area contributed by atoms with Crippen LogP contribution < -0.4 is 0 Å². The van der Waals surface area contributed by atoms with Crippen LogP contribution in [0.3, 0.4) is 0 Å². The lowest BCUT2D eigenvalue weighted by Crippen LogP contribution is -2.17. The van der Waals surface area contributed by atoms with E-state index in [1.807, 2.05) is 13.1 Å². The van der Waals surface area contributed by atoms with Gasteiger partial charge in [-0.2, -0.15) is 0 Å². The summed E-state index contributed by atoms with van der Waals surface area (Å²) < 4.78 is 9.96. The number of allylic oxidation sites excluding steroid dienone is 4. The molecule has 0 saturated heterocycles. The highest BCUT2D eigenvalue weighted by Gasteiger charge is 2.27. The van der Waals surface area contributed by atoms with Gasteiger partial charge in [-0.1, -0.05) is 48.7 Å². The molecule has 25 heavy (non-hydrogen) atoms. The number of rotatable bonds is 5. The molecule has 1 aliphatic rings. The number of aromatic nitrogens is 3. The number of fused-ring (bicyclic) bond motifs is 1. The highest BCUT2D eigenvalue weighted by molar-refractivity contribution is 6.29. The minimum Gasteiger partial charge on any atom is -0.375 e. The van der Waals surface area contributed by atoms with Crippen molar-refractivity contribution in [1.82, 2.24) is 14.0 Å². The van der Waals surface area contributed by atoms with Gasteiger partial charge in [0.25, 0.3) is 0 Å². The van der Waals surface area contributed by atoms with E-state index in [0.717, 1.165) is 35.2 Å². The van der Waals surface area contributed by atoms with Gasteiger partial charge in [0.1, 0.15) is 5.15 Å². The summed E-state index contributed by atoms with van der Waals surface area (Å²) in [4.78, 5) is 4.91. The summed E-state index contributed by atoms with van der Waals surface area (Å²) in [5.41, 5.74) is 4.94. The van der Waals surface area contributed by atoms with Crippen molar-refractivity contribution in [1.29, 1.82) is 0 Å². The summed E-state index contributed by atoms with van der Waals surface area (Å²) >= 11 is 6.68. The van der Waals surface area contributed by atoms with Gasteiger partial charge in [0.2, 0.25) is 5.78 Å². The number of halogens is 1. The molecule has 0 amide bonds. The zero-order valence-electron chi connectivity index (χ0n) is 15.8. The zero-order valence-corrected chi connectivity index (χ0v) is 16.6. The zero-order chi connectivity index (χ0) is 18.1. The highest BCUT2D eigenvalue weighted by atomic mass is 35.5. The maximum atomic E-state index is 6.68. The predicted molar refractivity (Wildman–Crippen MR) is 103 cm³/mol. The molecule has 2 aromatic rings. The van der Waals surface area contributed by atoms with Crippen LogP contribution in [0.5, 0.6) is 0 Å². The van der Waals surface area contributed by atoms with Gasteiger partial charge in [0.15, 0.2) is 0 Å². The number of aryl methyl sites for hydroxylation is 1. The van der Waals surface area contributed by atoms with Gasteiger partial charge in [-0.05, 0) is 39.5 Å². The minimum atomic E-state index is 0.189. The Morgan fingerprint density at radius 3 is 2.76 bits per heavy atom. The highest BCUT2D eigenvalue weighted by Crippen LogP contribution is 2.36. The molecule has 0 radical (unpaired) electrons. The molecule has 1 aliphatic carbocycles. The average Bonchev–Trinajstić information content (AvgIpc) is 3.02. The quantitative estimate of drug-likeness (QED) is 0.671. The number of hydrogen-bond acceptors (Lipinski definition) is 2. The molecule has 136 valence electrons. The standard InChI is InChI=1S/C20H28ClN3O/c1-6-16-17(12-25-7-2)23-11-18(21)24(20(23)22-16)19-14(4)9-8-13(3)10-15(19)5/h9-11,15,19H,6-8,12H2,1-5H3. The molecule has 0 N–H and O–H groups in total. The van der Waals surface area contributed by atoms with Crippen LogP contribution in [0.4, 0.5) is 0 Å². The predicted octanol–water partition coefficient (Wildman–Crippen LogP) is 5.36. The molecule has 5 heteroatoms. The molecule has 2 unspecified atom stereocenters. The number of hydrogen-bond donors (Lipinski definition) is 0. The second-order valence-electron chi connectivity index (χ2n) is 6.96. The molecule has 4 nitrogen and oxygen atoms in total. The lowest BCUT2D eigenvalue weighted by molar-refractivity contribution is 0.130. The first-order valence-electron chi connectivity index (χ1n) is 9.16. The van der Waals surface area contributed by atoms with Crippen molar-refractivity contribution < 1.29 is 4.74 Å². The molecule has 2 heterocycles. The molecule has 2 aromatic heterocycles. The molecule has 0 aliphatic heterocycles. The van der Waals surface area contributed by atoms with Crippen molar-refractivity contribution in [2.75, 3.05) is 6.61 Å². The largest absolute Gasteiger partial charge is 0.375 e. The minimum absolute atomic E-state index is 0.189. The fraction of sp³-hybridized carbons (Fsp3) is 0.550. The molecule has 0 fully saturated rings. The summed E-state index contributed by atoms with van der Waals surface area (Å²) in [5.74, 6) is 1.28. The number of imidazole rings is 2. The Bertz CT molecular complexity index is 828. The van der Waals surface area contributed by atoms with E-state index in [9.17, 15) is 0 Å². The van der Waals surface area contributed by atoms with Crippen LogP contribution in [-0.4, -0.2) is 20.6 Å². The van der Waals surface area contributed by atoms with Crippen LogP contribution in [0.2, 0.25) is 5.15 Å². The van der Waals surface area contributed by atoms with Crippen molar-refractivity contribution in [3.63, 3.8) is 0 Å². The summed E-state index contributed by atoms with van der Waals surface area (Å²) in [6.45, 7) is 12.1. The van der Waals surface area contributed by atoms with Crippen molar-refractivity contribution in [2.45, 2.75) is 60.1 Å². The van der Waals surface area contributed by atoms with Gasteiger partial charge in [-0.25, -0.2) is 4.98 Å². The van der Waals surface area contributed by atoms with Crippen molar-refractivity contribution in [2.24, 2.45) is 5.92 Å². The molecule has 2 atom stereocenters. The van der Waals surface area contributed by atoms with Gasteiger partial charge < -0.3 is 4.74 Å². The molecule has 0 saturated carbocycles. The Balaban J connectivity index is 2.16. The van der Waals surface area contributed by atoms with Crippen molar-refractivity contribution in [3.8, 4) is 0 Å². The van der Waals surface area contributed by atoms with Crippen LogP contribution in [0.15, 0.2) is 29.5 Å². The molecule has 0 aromatic carbocycles. The van der Waals surface area contributed by atoms with E-state index in [1.165, 1.54) is 11.1 Å². The Hall–Kier alpha value is -1.52. The third-order valence-corrected chi connectivity index (χ3v) is 5.35.